The number of methoxy groups -OCH3 is 2. The first-order valence-electron chi connectivity index (χ1n) is 13.9. The van der Waals surface area contributed by atoms with Crippen molar-refractivity contribution in [2.45, 2.75) is 181 Å². The van der Waals surface area contributed by atoms with Crippen molar-refractivity contribution in [1.29, 1.82) is 0 Å². The number of aliphatic hydroxyl groups excluding tert-OH is 2. The maximum Gasteiger partial charge on any atom is 0.283 e. The summed E-state index contributed by atoms with van der Waals surface area (Å²) in [5, 5.41) is 18.1. The Balaban J connectivity index is -0.0000000248. The third-order valence-electron chi connectivity index (χ3n) is 3.95. The van der Waals surface area contributed by atoms with E-state index in [1.165, 1.54) is 7.11 Å². The van der Waals surface area contributed by atoms with E-state index < -0.39 is 12.2 Å². The summed E-state index contributed by atoms with van der Waals surface area (Å²) in [5.74, 6) is 0. The maximum atomic E-state index is 9.04. The molecule has 4 unspecified atom stereocenters. The van der Waals surface area contributed by atoms with E-state index in [2.05, 4.69) is 46.5 Å². The van der Waals surface area contributed by atoms with Crippen LogP contribution >= 0.6 is 37.2 Å². The lowest BCUT2D eigenvalue weighted by atomic mass is 10.3. The number of halogens is 2. The highest BCUT2D eigenvalue weighted by Crippen LogP contribution is 2.00. The van der Waals surface area contributed by atoms with Crippen molar-refractivity contribution in [3.63, 3.8) is 0 Å². The van der Waals surface area contributed by atoms with E-state index in [-0.39, 0.29) is 140 Å². The predicted octanol–water partition coefficient (Wildman–Crippen LogP) is 11.2. The summed E-state index contributed by atoms with van der Waals surface area (Å²) in [5.41, 5.74) is 0. The van der Waals surface area contributed by atoms with Crippen molar-refractivity contribution in [2.24, 2.45) is 0 Å². The largest absolute Gasteiger partial charge is 0.443 e. The van der Waals surface area contributed by atoms with Crippen LogP contribution in [0.4, 0.5) is 0 Å². The fourth-order valence-corrected chi connectivity index (χ4v) is 2.17. The minimum Gasteiger partial charge on any atom is -0.443 e. The van der Waals surface area contributed by atoms with Gasteiger partial charge in [0.05, 0.1) is 77.3 Å². The fourth-order valence-electron chi connectivity index (χ4n) is 2.17. The summed E-state index contributed by atoms with van der Waals surface area (Å²) < 4.78 is 50.8. The highest BCUT2D eigenvalue weighted by Gasteiger charge is 2.13. The van der Waals surface area contributed by atoms with Crippen LogP contribution in [0, 0.1) is 0 Å². The lowest BCUT2D eigenvalue weighted by Gasteiger charge is -2.20. The average molecular weight is 1030 g/mol. The van der Waals surface area contributed by atoms with Gasteiger partial charge in [-0.15, -0.1) is 0 Å². The van der Waals surface area contributed by atoms with E-state index in [1.54, 1.807) is 21.0 Å². The highest BCUT2D eigenvalue weighted by molar-refractivity contribution is 15.0. The molecule has 0 aromatic heterocycles. The van der Waals surface area contributed by atoms with Gasteiger partial charge in [-0.1, -0.05) is 117 Å². The summed E-state index contributed by atoms with van der Waals surface area (Å²) in [4.78, 5) is 0. The second-order valence-corrected chi connectivity index (χ2v) is 8.13. The second kappa shape index (κ2) is 99.8. The smallest absolute Gasteiger partial charge is 0.283 e. The van der Waals surface area contributed by atoms with Crippen LogP contribution in [0.3, 0.4) is 0 Å². The summed E-state index contributed by atoms with van der Waals surface area (Å²) in [7, 11) is 13.1. The van der Waals surface area contributed by atoms with Gasteiger partial charge in [0.1, 0.15) is 25.8 Å². The zero-order chi connectivity index (χ0) is 33.6. The van der Waals surface area contributed by atoms with Crippen LogP contribution in [0.5, 0.6) is 0 Å². The van der Waals surface area contributed by atoms with E-state index in [9.17, 15) is 0 Å². The first-order chi connectivity index (χ1) is 20.2. The summed E-state index contributed by atoms with van der Waals surface area (Å²) in [6.07, 6.45) is -1.86. The fraction of sp³-hybridized carbons (Fsp3) is 1.00. The molecular weight excluding hydrogens is 924 g/mol. The first-order valence-corrected chi connectivity index (χ1v) is 20.2. The Bertz CT molecular complexity index is 429. The van der Waals surface area contributed by atoms with Crippen LogP contribution in [0.15, 0.2) is 0 Å². The molecule has 12 nitrogen and oxygen atoms in total. The maximum absolute atomic E-state index is 9.04. The molecule has 0 saturated carbocycles. The molecule has 350 valence electrons. The van der Waals surface area contributed by atoms with E-state index in [0.29, 0.717) is 39.6 Å². The molecule has 0 aliphatic rings. The molecule has 0 fully saturated rings. The van der Waals surface area contributed by atoms with Crippen LogP contribution in [0.25, 0.3) is 0 Å². The van der Waals surface area contributed by atoms with Gasteiger partial charge in [-0.25, -0.2) is 0 Å². The van der Waals surface area contributed by atoms with Crippen molar-refractivity contribution in [3.8, 4) is 0 Å². The van der Waals surface area contributed by atoms with Gasteiger partial charge in [0.15, 0.2) is 0 Å². The Kier molecular flexibility index (Phi) is 205. The molecule has 2 N–H and O–H groups in total. The van der Waals surface area contributed by atoms with Crippen LogP contribution < -0.4 is 0 Å². The van der Waals surface area contributed by atoms with Crippen molar-refractivity contribution in [3.05, 3.63) is 0 Å². The van der Waals surface area contributed by atoms with Crippen LogP contribution in [0.1, 0.15) is 145 Å². The van der Waals surface area contributed by atoms with Gasteiger partial charge >= 0.3 is 0 Å². The topological polar surface area (TPSA) is 133 Å². The monoisotopic (exact) mass is 1030 g/mol. The lowest BCUT2D eigenvalue weighted by Crippen LogP contribution is -2.30. The Morgan fingerprint density at radius 2 is 0.630 bits per heavy atom. The van der Waals surface area contributed by atoms with E-state index >= 15 is 0 Å². The molecule has 0 aromatic carbocycles. The van der Waals surface area contributed by atoms with Crippen molar-refractivity contribution < 1.29 is 57.4 Å². The highest BCUT2D eigenvalue weighted by atomic mass is 128. The van der Waals surface area contributed by atoms with Crippen LogP contribution in [0.2, 0.25) is 0 Å². The summed E-state index contributed by atoms with van der Waals surface area (Å²) >= 11 is 4.24. The summed E-state index contributed by atoms with van der Waals surface area (Å²) in [6, 6.07) is 0. The number of aliphatic hydroxyl groups is 2. The van der Waals surface area contributed by atoms with Gasteiger partial charge in [0.25, 0.3) is 16.1 Å². The molecule has 0 aliphatic carbocycles. The molecular formula is C38H106B2I2O12. The van der Waals surface area contributed by atoms with Gasteiger partial charge in [0.2, 0.25) is 0 Å². The Morgan fingerprint density at radius 1 is 0.426 bits per heavy atom. The van der Waals surface area contributed by atoms with Gasteiger partial charge in [0, 0.05) is 51.5 Å². The standard InChI is InChI=1S/C11H22B2O6.C11H24O6.2C2H6.12CH4.I2/c1-9(18-12)4-15-6-11(17-8-14-3)7-16-5-10(2)19-13;1-9(12)4-15-6-11(17-8-14-3)7-16-5-10(2)13;2*1-2;;;;;;;;;;;;;1-2/h9-11H,4-8H2,1-3H3;9-13H,4-8H2,1-3H3;2*1-2H3;12*1H4;. The van der Waals surface area contributed by atoms with Crippen LogP contribution in [-0.2, 0) is 47.2 Å². The quantitative estimate of drug-likeness (QED) is 0.0542. The molecule has 54 heavy (non-hydrogen) atoms. The second-order valence-electron chi connectivity index (χ2n) is 8.13. The molecule has 0 rings (SSSR count). The molecule has 16 heteroatoms. The predicted molar refractivity (Wildman–Crippen MR) is 264 cm³/mol. The Morgan fingerprint density at radius 3 is 0.796 bits per heavy atom. The zero-order valence-corrected chi connectivity index (χ0v) is 31.7. The SMILES string of the molecule is C.C.C.C.C.C.C.C.C.C.C.C.CC.CC.COCOC(COCC(C)O)COCC(C)O.II.[B]OC(C)COCC(COCC(C)O[B])OCOC. The molecule has 0 amide bonds. The van der Waals surface area contributed by atoms with Gasteiger partial charge in [-0.3, -0.25) is 0 Å². The third-order valence-corrected chi connectivity index (χ3v) is 3.95. The number of rotatable bonds is 24. The zero-order valence-electron chi connectivity index (χ0n) is 27.4. The number of hydrogen-bond donors (Lipinski definition) is 2. The normalized spacial score (nSPS) is 11.3. The third kappa shape index (κ3) is 105. The van der Waals surface area contributed by atoms with E-state index in [1.807, 2.05) is 41.5 Å². The Hall–Kier alpha value is 1.11. The lowest BCUT2D eigenvalue weighted by molar-refractivity contribution is -0.128. The number of hydrogen-bond acceptors (Lipinski definition) is 12. The molecule has 0 saturated heterocycles. The van der Waals surface area contributed by atoms with Crippen molar-refractivity contribution >= 4 is 53.3 Å². The van der Waals surface area contributed by atoms with Gasteiger partial charge in [-0.2, -0.15) is 0 Å². The molecule has 0 bridgehead atoms. The molecule has 4 atom stereocenters. The molecule has 4 radical (unpaired) electrons. The van der Waals surface area contributed by atoms with E-state index in [0.717, 1.165) is 0 Å². The molecule has 0 spiro atoms. The average Bonchev–Trinajstić information content (AvgIpc) is 3.00. The number of ether oxygens (including phenoxy) is 8. The summed E-state index contributed by atoms with van der Waals surface area (Å²) in [6.45, 7) is 17.8. The van der Waals surface area contributed by atoms with E-state index in [4.69, 9.17) is 64.2 Å². The van der Waals surface area contributed by atoms with Crippen molar-refractivity contribution in [2.75, 3.05) is 80.7 Å². The minimum absolute atomic E-state index is 0. The Labute approximate surface area is 370 Å². The van der Waals surface area contributed by atoms with Crippen molar-refractivity contribution in [1.82, 2.24) is 0 Å². The first kappa shape index (κ1) is 111. The van der Waals surface area contributed by atoms with Gasteiger partial charge in [-0.05, 0) is 27.7 Å². The molecule has 0 aliphatic heterocycles. The molecule has 0 heterocycles. The van der Waals surface area contributed by atoms with Gasteiger partial charge < -0.3 is 57.4 Å². The van der Waals surface area contributed by atoms with Crippen LogP contribution in [-0.4, -0.2) is 144 Å². The molecule has 0 aromatic rings. The minimum atomic E-state index is -0.503.